The molecule has 31 heavy (non-hydrogen) atoms. The molecule has 158 valence electrons. The predicted molar refractivity (Wildman–Crippen MR) is 123 cm³/mol. The molecule has 2 aromatic carbocycles. The Morgan fingerprint density at radius 2 is 1.90 bits per heavy atom. The number of rotatable bonds is 3. The zero-order chi connectivity index (χ0) is 21.4. The van der Waals surface area contributed by atoms with Crippen molar-refractivity contribution >= 4 is 45.3 Å². The first-order valence-electron chi connectivity index (χ1n) is 10.6. The number of likely N-dealkylation sites (tertiary alicyclic amines) is 1. The van der Waals surface area contributed by atoms with Gasteiger partial charge in [0.1, 0.15) is 11.3 Å². The maximum atomic E-state index is 12.8. The van der Waals surface area contributed by atoms with Crippen molar-refractivity contribution in [3.63, 3.8) is 0 Å². The van der Waals surface area contributed by atoms with Gasteiger partial charge in [-0.1, -0.05) is 18.2 Å². The number of anilines is 3. The molecule has 0 aliphatic carbocycles. The first kappa shape index (κ1) is 19.3. The molecule has 1 fully saturated rings. The Morgan fingerprint density at radius 3 is 2.74 bits per heavy atom. The minimum Gasteiger partial charge on any atom is -0.342 e. The van der Waals surface area contributed by atoms with Gasteiger partial charge in [0.15, 0.2) is 0 Å². The van der Waals surface area contributed by atoms with Crippen LogP contribution in [0.25, 0.3) is 21.9 Å². The van der Waals surface area contributed by atoms with E-state index in [1.54, 1.807) is 0 Å². The second-order valence-corrected chi connectivity index (χ2v) is 8.05. The molecule has 1 saturated heterocycles. The summed E-state index contributed by atoms with van der Waals surface area (Å²) in [6, 6.07) is 9.79. The molecule has 0 spiro atoms. The lowest BCUT2D eigenvalue weighted by atomic mass is 10.1. The molecular formula is C23H25N7O. The lowest BCUT2D eigenvalue weighted by Crippen LogP contribution is -2.38. The van der Waals surface area contributed by atoms with Gasteiger partial charge in [0.2, 0.25) is 5.95 Å². The summed E-state index contributed by atoms with van der Waals surface area (Å²) in [5, 5.41) is 7.34. The zero-order valence-corrected chi connectivity index (χ0v) is 17.7. The summed E-state index contributed by atoms with van der Waals surface area (Å²) >= 11 is 0. The summed E-state index contributed by atoms with van der Waals surface area (Å²) in [5.41, 5.74) is 5.03. The molecule has 0 bridgehead atoms. The van der Waals surface area contributed by atoms with E-state index in [2.05, 4.69) is 30.6 Å². The number of imidazole rings is 1. The third-order valence-corrected chi connectivity index (χ3v) is 5.66. The van der Waals surface area contributed by atoms with Gasteiger partial charge in [0.05, 0.1) is 16.7 Å². The van der Waals surface area contributed by atoms with Crippen LogP contribution in [0.4, 0.5) is 22.1 Å². The zero-order valence-electron chi connectivity index (χ0n) is 17.7. The molecule has 3 N–H and O–H groups in total. The van der Waals surface area contributed by atoms with Crippen LogP contribution in [0, 0.1) is 13.8 Å². The molecule has 0 radical (unpaired) electrons. The number of fused-ring (bicyclic) bond motifs is 2. The first-order valence-corrected chi connectivity index (χ1v) is 10.6. The van der Waals surface area contributed by atoms with Crippen molar-refractivity contribution in [2.45, 2.75) is 33.1 Å². The van der Waals surface area contributed by atoms with Crippen LogP contribution < -0.4 is 10.6 Å². The van der Waals surface area contributed by atoms with Gasteiger partial charge >= 0.3 is 6.03 Å². The lowest BCUT2D eigenvalue weighted by Gasteiger charge is -2.26. The molecule has 8 heteroatoms. The van der Waals surface area contributed by atoms with Crippen molar-refractivity contribution in [2.24, 2.45) is 0 Å². The van der Waals surface area contributed by atoms with E-state index in [4.69, 9.17) is 0 Å². The van der Waals surface area contributed by atoms with Crippen LogP contribution >= 0.6 is 0 Å². The molecule has 5 rings (SSSR count). The van der Waals surface area contributed by atoms with Crippen LogP contribution in [0.3, 0.4) is 0 Å². The quantitative estimate of drug-likeness (QED) is 0.443. The molecule has 1 aliphatic rings. The SMILES string of the molecule is Cc1nc2c(NC(=O)N3CCCCC3)cc(Nc3ncc4cccc(C)c4n3)cc2[nH]1. The number of amides is 2. The fraction of sp³-hybridized carbons (Fsp3) is 0.304. The molecule has 3 heterocycles. The molecule has 8 nitrogen and oxygen atoms in total. The second kappa shape index (κ2) is 7.86. The molecular weight excluding hydrogens is 390 g/mol. The molecule has 1 aliphatic heterocycles. The number of hydrogen-bond acceptors (Lipinski definition) is 5. The van der Waals surface area contributed by atoms with Gasteiger partial charge in [-0.3, -0.25) is 0 Å². The maximum Gasteiger partial charge on any atom is 0.321 e. The highest BCUT2D eigenvalue weighted by molar-refractivity contribution is 6.01. The van der Waals surface area contributed by atoms with Crippen molar-refractivity contribution in [1.29, 1.82) is 0 Å². The summed E-state index contributed by atoms with van der Waals surface area (Å²) in [5.74, 6) is 1.30. The van der Waals surface area contributed by atoms with Crippen LogP contribution in [0.1, 0.15) is 30.7 Å². The highest BCUT2D eigenvalue weighted by Crippen LogP contribution is 2.29. The van der Waals surface area contributed by atoms with E-state index >= 15 is 0 Å². The number of aryl methyl sites for hydroxylation is 2. The third kappa shape index (κ3) is 3.88. The molecule has 2 amide bonds. The van der Waals surface area contributed by atoms with E-state index in [0.29, 0.717) is 11.6 Å². The third-order valence-electron chi connectivity index (χ3n) is 5.66. The average Bonchev–Trinajstić information content (AvgIpc) is 3.15. The number of benzene rings is 2. The normalized spacial score (nSPS) is 14.2. The van der Waals surface area contributed by atoms with E-state index in [1.165, 1.54) is 6.42 Å². The molecule has 4 aromatic rings. The van der Waals surface area contributed by atoms with E-state index in [9.17, 15) is 4.79 Å². The summed E-state index contributed by atoms with van der Waals surface area (Å²) in [6.45, 7) is 5.51. The molecule has 0 saturated carbocycles. The van der Waals surface area contributed by atoms with E-state index in [0.717, 1.165) is 64.9 Å². The Hall–Kier alpha value is -3.68. The summed E-state index contributed by atoms with van der Waals surface area (Å²) < 4.78 is 0. The Morgan fingerprint density at radius 1 is 1.06 bits per heavy atom. The topological polar surface area (TPSA) is 98.8 Å². The average molecular weight is 416 g/mol. The minimum atomic E-state index is -0.0867. The number of aromatic amines is 1. The highest BCUT2D eigenvalue weighted by Gasteiger charge is 2.19. The molecule has 0 atom stereocenters. The number of H-pyrrole nitrogens is 1. The number of nitrogens with one attached hydrogen (secondary N) is 3. The van der Waals surface area contributed by atoms with Gasteiger partial charge in [0.25, 0.3) is 0 Å². The smallest absolute Gasteiger partial charge is 0.321 e. The largest absolute Gasteiger partial charge is 0.342 e. The Labute approximate surface area is 180 Å². The van der Waals surface area contributed by atoms with E-state index in [-0.39, 0.29) is 6.03 Å². The summed E-state index contributed by atoms with van der Waals surface area (Å²) in [7, 11) is 0. The van der Waals surface area contributed by atoms with Crippen molar-refractivity contribution in [1.82, 2.24) is 24.8 Å². The number of para-hydroxylation sites is 1. The van der Waals surface area contributed by atoms with Gasteiger partial charge in [-0.2, -0.15) is 0 Å². The number of aromatic nitrogens is 4. The number of carbonyl (C=O) groups excluding carboxylic acids is 1. The van der Waals surface area contributed by atoms with E-state index in [1.807, 2.05) is 55.3 Å². The maximum absolute atomic E-state index is 12.8. The standard InChI is InChI=1S/C23H25N7O/c1-14-7-6-8-16-13-24-22(29-20(14)16)27-17-11-18-21(26-15(2)25-18)19(12-17)28-23(31)30-9-4-3-5-10-30/h6-8,11-13H,3-5,9-10H2,1-2H3,(H,25,26)(H,28,31)(H,24,27,29). The van der Waals surface area contributed by atoms with Gasteiger partial charge in [-0.25, -0.2) is 19.7 Å². The van der Waals surface area contributed by atoms with Gasteiger partial charge in [0, 0.05) is 30.4 Å². The number of carbonyl (C=O) groups is 1. The summed E-state index contributed by atoms with van der Waals surface area (Å²) in [6.07, 6.45) is 5.09. The fourth-order valence-electron chi connectivity index (χ4n) is 4.09. The van der Waals surface area contributed by atoms with Gasteiger partial charge in [-0.05, 0) is 50.8 Å². The Balaban J connectivity index is 1.48. The van der Waals surface area contributed by atoms with Crippen molar-refractivity contribution < 1.29 is 4.79 Å². The number of piperidine rings is 1. The Bertz CT molecular complexity index is 1270. The monoisotopic (exact) mass is 415 g/mol. The fourth-order valence-corrected chi connectivity index (χ4v) is 4.09. The number of urea groups is 1. The van der Waals surface area contributed by atoms with Crippen LogP contribution in [0.15, 0.2) is 36.5 Å². The van der Waals surface area contributed by atoms with Gasteiger partial charge < -0.3 is 20.5 Å². The van der Waals surface area contributed by atoms with Crippen LogP contribution in [0.5, 0.6) is 0 Å². The number of hydrogen-bond donors (Lipinski definition) is 3. The predicted octanol–water partition coefficient (Wildman–Crippen LogP) is 4.88. The first-order chi connectivity index (χ1) is 15.1. The van der Waals surface area contributed by atoms with Crippen molar-refractivity contribution in [2.75, 3.05) is 23.7 Å². The van der Waals surface area contributed by atoms with Crippen molar-refractivity contribution in [3.8, 4) is 0 Å². The lowest BCUT2D eigenvalue weighted by molar-refractivity contribution is 0.200. The minimum absolute atomic E-state index is 0.0867. The van der Waals surface area contributed by atoms with Crippen molar-refractivity contribution in [3.05, 3.63) is 47.9 Å². The van der Waals surface area contributed by atoms with Crippen LogP contribution in [-0.4, -0.2) is 44.0 Å². The Kier molecular flexibility index (Phi) is 4.89. The molecule has 0 unspecified atom stereocenters. The van der Waals surface area contributed by atoms with Gasteiger partial charge in [-0.15, -0.1) is 0 Å². The highest BCUT2D eigenvalue weighted by atomic mass is 16.2. The van der Waals surface area contributed by atoms with Crippen LogP contribution in [-0.2, 0) is 0 Å². The molecule has 2 aromatic heterocycles. The number of nitrogens with zero attached hydrogens (tertiary/aromatic N) is 4. The second-order valence-electron chi connectivity index (χ2n) is 8.05. The summed E-state index contributed by atoms with van der Waals surface area (Å²) in [4.78, 5) is 31.6. The van der Waals surface area contributed by atoms with E-state index < -0.39 is 0 Å². The van der Waals surface area contributed by atoms with Crippen LogP contribution in [0.2, 0.25) is 0 Å².